The highest BCUT2D eigenvalue weighted by Gasteiger charge is 2.43. The number of hydrogen-bond donors (Lipinski definition) is 1. The Bertz CT molecular complexity index is 601. The fourth-order valence-corrected chi connectivity index (χ4v) is 2.74. The molecule has 6 nitrogen and oxygen atoms in total. The number of rotatable bonds is 3. The zero-order chi connectivity index (χ0) is 14.2. The molecule has 2 aromatic heterocycles. The van der Waals surface area contributed by atoms with Gasteiger partial charge in [0.25, 0.3) is 0 Å². The van der Waals surface area contributed by atoms with Gasteiger partial charge in [0.2, 0.25) is 11.7 Å². The van der Waals surface area contributed by atoms with Crippen molar-refractivity contribution < 1.29 is 4.52 Å². The molecule has 20 heavy (non-hydrogen) atoms. The molecule has 0 aliphatic carbocycles. The van der Waals surface area contributed by atoms with Crippen LogP contribution in [0.5, 0.6) is 0 Å². The van der Waals surface area contributed by atoms with Crippen molar-refractivity contribution in [3.05, 3.63) is 24.0 Å². The lowest BCUT2D eigenvalue weighted by Gasteiger charge is -2.27. The van der Waals surface area contributed by atoms with Crippen molar-refractivity contribution in [2.45, 2.75) is 32.6 Å². The Labute approximate surface area is 118 Å². The number of hydrogen-bond acceptors (Lipinski definition) is 6. The van der Waals surface area contributed by atoms with E-state index in [9.17, 15) is 0 Å². The molecule has 1 N–H and O–H groups in total. The molecule has 1 aliphatic heterocycles. The number of aromatic nitrogens is 4. The first-order valence-electron chi connectivity index (χ1n) is 6.97. The van der Waals surface area contributed by atoms with E-state index in [-0.39, 0.29) is 5.41 Å². The first-order valence-corrected chi connectivity index (χ1v) is 6.97. The first kappa shape index (κ1) is 13.2. The van der Waals surface area contributed by atoms with Gasteiger partial charge in [-0.15, -0.1) is 0 Å². The predicted octanol–water partition coefficient (Wildman–Crippen LogP) is 1.72. The molecule has 0 aromatic carbocycles. The second-order valence-corrected chi connectivity index (χ2v) is 5.65. The van der Waals surface area contributed by atoms with Crippen molar-refractivity contribution in [3.8, 4) is 11.5 Å². The highest BCUT2D eigenvalue weighted by molar-refractivity contribution is 5.47. The second-order valence-electron chi connectivity index (χ2n) is 5.65. The van der Waals surface area contributed by atoms with Crippen LogP contribution in [0.2, 0.25) is 0 Å². The molecule has 3 heterocycles. The molecule has 1 aliphatic rings. The van der Waals surface area contributed by atoms with Crippen LogP contribution in [0, 0.1) is 12.8 Å². The van der Waals surface area contributed by atoms with E-state index in [0.717, 1.165) is 19.5 Å². The number of nitrogens with one attached hydrogen (secondary N) is 1. The molecular formula is C14H19N5O. The highest BCUT2D eigenvalue weighted by Crippen LogP contribution is 2.37. The van der Waals surface area contributed by atoms with Crippen molar-refractivity contribution in [1.29, 1.82) is 0 Å². The topological polar surface area (TPSA) is 76.7 Å². The summed E-state index contributed by atoms with van der Waals surface area (Å²) in [4.78, 5) is 13.0. The van der Waals surface area contributed by atoms with Crippen LogP contribution < -0.4 is 5.32 Å². The van der Waals surface area contributed by atoms with E-state index < -0.39 is 0 Å². The SMILES string of the molecule is Cc1nccc(-c2noc(C3(C(C)C)CCNC3)n2)n1. The lowest BCUT2D eigenvalue weighted by atomic mass is 9.76. The zero-order valence-electron chi connectivity index (χ0n) is 12.1. The summed E-state index contributed by atoms with van der Waals surface area (Å²) >= 11 is 0. The van der Waals surface area contributed by atoms with E-state index in [1.807, 2.05) is 6.92 Å². The molecule has 3 rings (SSSR count). The van der Waals surface area contributed by atoms with Gasteiger partial charge in [-0.25, -0.2) is 9.97 Å². The minimum Gasteiger partial charge on any atom is -0.338 e. The van der Waals surface area contributed by atoms with Gasteiger partial charge in [0.15, 0.2) is 0 Å². The van der Waals surface area contributed by atoms with Gasteiger partial charge >= 0.3 is 0 Å². The van der Waals surface area contributed by atoms with Gasteiger partial charge in [-0.05, 0) is 31.9 Å². The van der Waals surface area contributed by atoms with Crippen molar-refractivity contribution in [3.63, 3.8) is 0 Å². The minimum atomic E-state index is -0.0622. The summed E-state index contributed by atoms with van der Waals surface area (Å²) in [5.74, 6) is 2.40. The van der Waals surface area contributed by atoms with E-state index in [4.69, 9.17) is 4.52 Å². The largest absolute Gasteiger partial charge is 0.338 e. The standard InChI is InChI=1S/C14H19N5O/c1-9(2)14(5-7-15-8-14)13-18-12(19-20-13)11-4-6-16-10(3)17-11/h4,6,9,15H,5,7-8H2,1-3H3. The van der Waals surface area contributed by atoms with E-state index in [1.165, 1.54) is 0 Å². The van der Waals surface area contributed by atoms with Crippen molar-refractivity contribution in [1.82, 2.24) is 25.4 Å². The maximum atomic E-state index is 5.55. The summed E-state index contributed by atoms with van der Waals surface area (Å²) < 4.78 is 5.55. The Morgan fingerprint density at radius 2 is 2.20 bits per heavy atom. The molecule has 0 bridgehead atoms. The van der Waals surface area contributed by atoms with E-state index in [2.05, 4.69) is 39.3 Å². The van der Waals surface area contributed by atoms with Crippen molar-refractivity contribution in [2.24, 2.45) is 5.92 Å². The second kappa shape index (κ2) is 4.94. The maximum Gasteiger partial charge on any atom is 0.234 e. The van der Waals surface area contributed by atoms with Gasteiger partial charge in [0.05, 0.1) is 5.41 Å². The van der Waals surface area contributed by atoms with Gasteiger partial charge in [0.1, 0.15) is 11.5 Å². The van der Waals surface area contributed by atoms with Gasteiger partial charge < -0.3 is 9.84 Å². The molecule has 0 radical (unpaired) electrons. The average molecular weight is 273 g/mol. The average Bonchev–Trinajstić information content (AvgIpc) is 3.08. The lowest BCUT2D eigenvalue weighted by molar-refractivity contribution is 0.234. The summed E-state index contributed by atoms with van der Waals surface area (Å²) in [5.41, 5.74) is 0.644. The Morgan fingerprint density at radius 3 is 2.85 bits per heavy atom. The summed E-state index contributed by atoms with van der Waals surface area (Å²) in [6, 6.07) is 1.80. The quantitative estimate of drug-likeness (QED) is 0.917. The van der Waals surface area contributed by atoms with Gasteiger partial charge in [0, 0.05) is 12.7 Å². The molecule has 1 unspecified atom stereocenters. The third kappa shape index (κ3) is 2.10. The molecule has 6 heteroatoms. The van der Waals surface area contributed by atoms with Crippen LogP contribution in [0.4, 0.5) is 0 Å². The van der Waals surface area contributed by atoms with Crippen LogP contribution in [0.25, 0.3) is 11.5 Å². The van der Waals surface area contributed by atoms with Crippen LogP contribution in [0.15, 0.2) is 16.8 Å². The Morgan fingerprint density at radius 1 is 1.35 bits per heavy atom. The normalized spacial score (nSPS) is 22.6. The number of aryl methyl sites for hydroxylation is 1. The van der Waals surface area contributed by atoms with Gasteiger partial charge in [-0.1, -0.05) is 19.0 Å². The van der Waals surface area contributed by atoms with Crippen LogP contribution >= 0.6 is 0 Å². The third-order valence-corrected chi connectivity index (χ3v) is 4.15. The van der Waals surface area contributed by atoms with Crippen LogP contribution in [0.1, 0.15) is 32.0 Å². The molecule has 1 fully saturated rings. The van der Waals surface area contributed by atoms with Crippen molar-refractivity contribution in [2.75, 3.05) is 13.1 Å². The maximum absolute atomic E-state index is 5.55. The molecule has 106 valence electrons. The van der Waals surface area contributed by atoms with E-state index >= 15 is 0 Å². The Hall–Kier alpha value is -1.82. The van der Waals surface area contributed by atoms with E-state index in [0.29, 0.717) is 29.2 Å². The zero-order valence-corrected chi connectivity index (χ0v) is 12.1. The third-order valence-electron chi connectivity index (χ3n) is 4.15. The lowest BCUT2D eigenvalue weighted by Crippen LogP contribution is -2.35. The van der Waals surface area contributed by atoms with Crippen LogP contribution in [-0.2, 0) is 5.41 Å². The van der Waals surface area contributed by atoms with Crippen LogP contribution in [0.3, 0.4) is 0 Å². The van der Waals surface area contributed by atoms with Gasteiger partial charge in [-0.2, -0.15) is 4.98 Å². The number of nitrogens with zero attached hydrogens (tertiary/aromatic N) is 4. The summed E-state index contributed by atoms with van der Waals surface area (Å²) in [6.45, 7) is 8.12. The van der Waals surface area contributed by atoms with Crippen molar-refractivity contribution >= 4 is 0 Å². The Balaban J connectivity index is 1.97. The highest BCUT2D eigenvalue weighted by atomic mass is 16.5. The molecule has 0 spiro atoms. The predicted molar refractivity (Wildman–Crippen MR) is 74.1 cm³/mol. The van der Waals surface area contributed by atoms with Crippen LogP contribution in [-0.4, -0.2) is 33.2 Å². The molecular weight excluding hydrogens is 254 g/mol. The Kier molecular flexibility index (Phi) is 3.25. The molecule has 2 aromatic rings. The smallest absolute Gasteiger partial charge is 0.234 e. The summed E-state index contributed by atoms with van der Waals surface area (Å²) in [6.07, 6.45) is 2.73. The van der Waals surface area contributed by atoms with Gasteiger partial charge in [-0.3, -0.25) is 0 Å². The fourth-order valence-electron chi connectivity index (χ4n) is 2.74. The fraction of sp³-hybridized carbons (Fsp3) is 0.571. The van der Waals surface area contributed by atoms with E-state index in [1.54, 1.807) is 12.3 Å². The molecule has 0 saturated carbocycles. The molecule has 0 amide bonds. The first-order chi connectivity index (χ1) is 9.62. The minimum absolute atomic E-state index is 0.0622. The summed E-state index contributed by atoms with van der Waals surface area (Å²) in [7, 11) is 0. The monoisotopic (exact) mass is 273 g/mol. The summed E-state index contributed by atoms with van der Waals surface area (Å²) in [5, 5.41) is 7.49. The molecule has 1 saturated heterocycles. The molecule has 1 atom stereocenters.